The Balaban J connectivity index is 1.75. The second-order valence-corrected chi connectivity index (χ2v) is 8.25. The number of fused-ring (bicyclic) bond motifs is 1. The molecular weight excluding hydrogens is 342 g/mol. The number of para-hydroxylation sites is 1. The number of hydrogen-bond acceptors (Lipinski definition) is 4. The van der Waals surface area contributed by atoms with Gasteiger partial charge in [0.2, 0.25) is 10.0 Å². The van der Waals surface area contributed by atoms with E-state index in [1.54, 1.807) is 4.90 Å². The number of nitrogens with one attached hydrogen (secondary N) is 1. The average molecular weight is 365 g/mol. The van der Waals surface area contributed by atoms with E-state index in [1.807, 2.05) is 32.0 Å². The van der Waals surface area contributed by atoms with Crippen LogP contribution in [0.2, 0.25) is 0 Å². The van der Waals surface area contributed by atoms with E-state index in [9.17, 15) is 13.2 Å². The van der Waals surface area contributed by atoms with Gasteiger partial charge in [0.25, 0.3) is 0 Å². The summed E-state index contributed by atoms with van der Waals surface area (Å²) in [6, 6.07) is 5.44. The lowest BCUT2D eigenvalue weighted by Crippen LogP contribution is -2.51. The maximum atomic E-state index is 12.5. The molecule has 25 heavy (non-hydrogen) atoms. The highest BCUT2D eigenvalue weighted by atomic mass is 32.2. The van der Waals surface area contributed by atoms with Crippen LogP contribution in [0.3, 0.4) is 0 Å². The first-order chi connectivity index (χ1) is 11.8. The second kappa shape index (κ2) is 6.68. The highest BCUT2D eigenvalue weighted by Gasteiger charge is 2.26. The number of carbonyl (C=O) groups is 1. The van der Waals surface area contributed by atoms with E-state index < -0.39 is 10.0 Å². The van der Waals surface area contributed by atoms with Gasteiger partial charge in [-0.1, -0.05) is 19.1 Å². The number of aryl methyl sites for hydroxylation is 2. The molecule has 2 amide bonds. The lowest BCUT2D eigenvalue weighted by Gasteiger charge is -2.33. The Morgan fingerprint density at radius 3 is 2.52 bits per heavy atom. The van der Waals surface area contributed by atoms with Crippen LogP contribution in [-0.2, 0) is 16.4 Å². The molecule has 1 aromatic heterocycles. The lowest BCUT2D eigenvalue weighted by atomic mass is 10.1. The van der Waals surface area contributed by atoms with Gasteiger partial charge in [0.05, 0.1) is 11.9 Å². The SMILES string of the molecule is CCc1oc2c(NC(=O)N3CCN(S(C)(=O)=O)CC3)cccc2c1C. The summed E-state index contributed by atoms with van der Waals surface area (Å²) < 4.78 is 30.4. The molecular formula is C17H23N3O4S. The van der Waals surface area contributed by atoms with E-state index in [-0.39, 0.29) is 6.03 Å². The van der Waals surface area contributed by atoms with Gasteiger partial charge in [0, 0.05) is 38.0 Å². The standard InChI is InChI=1S/C17H23N3O4S/c1-4-15-12(2)13-6-5-7-14(16(13)24-15)18-17(21)19-8-10-20(11-9-19)25(3,22)23/h5-7H,4,8-11H2,1-3H3,(H,18,21). The quantitative estimate of drug-likeness (QED) is 0.905. The van der Waals surface area contributed by atoms with Crippen molar-refractivity contribution in [3.8, 4) is 0 Å². The predicted octanol–water partition coefficient (Wildman–Crippen LogP) is 2.41. The molecule has 0 spiro atoms. The molecule has 0 saturated carbocycles. The maximum Gasteiger partial charge on any atom is 0.322 e. The summed E-state index contributed by atoms with van der Waals surface area (Å²) in [5.41, 5.74) is 2.41. The first-order valence-corrected chi connectivity index (χ1v) is 10.2. The lowest BCUT2D eigenvalue weighted by molar-refractivity contribution is 0.184. The average Bonchev–Trinajstić information content (AvgIpc) is 2.91. The van der Waals surface area contributed by atoms with Crippen molar-refractivity contribution >= 4 is 32.7 Å². The Morgan fingerprint density at radius 1 is 1.24 bits per heavy atom. The van der Waals surface area contributed by atoms with Gasteiger partial charge >= 0.3 is 6.03 Å². The minimum atomic E-state index is -3.21. The number of carbonyl (C=O) groups excluding carboxylic acids is 1. The van der Waals surface area contributed by atoms with E-state index >= 15 is 0 Å². The van der Waals surface area contributed by atoms with Crippen LogP contribution in [0.15, 0.2) is 22.6 Å². The molecule has 1 fully saturated rings. The second-order valence-electron chi connectivity index (χ2n) is 6.27. The highest BCUT2D eigenvalue weighted by Crippen LogP contribution is 2.31. The molecule has 0 radical (unpaired) electrons. The molecule has 136 valence electrons. The number of amides is 2. The molecule has 1 N–H and O–H groups in total. The summed E-state index contributed by atoms with van der Waals surface area (Å²) in [5, 5.41) is 3.89. The zero-order chi connectivity index (χ0) is 18.2. The van der Waals surface area contributed by atoms with Crippen molar-refractivity contribution in [1.82, 2.24) is 9.21 Å². The van der Waals surface area contributed by atoms with Crippen LogP contribution in [0.5, 0.6) is 0 Å². The highest BCUT2D eigenvalue weighted by molar-refractivity contribution is 7.88. The van der Waals surface area contributed by atoms with Gasteiger partial charge in [-0.2, -0.15) is 4.31 Å². The Hall–Kier alpha value is -2.06. The van der Waals surface area contributed by atoms with Gasteiger partial charge in [0.15, 0.2) is 5.58 Å². The molecule has 1 aliphatic rings. The summed E-state index contributed by atoms with van der Waals surface area (Å²) in [6.07, 6.45) is 1.98. The molecule has 7 nitrogen and oxygen atoms in total. The van der Waals surface area contributed by atoms with Crippen molar-refractivity contribution in [1.29, 1.82) is 0 Å². The summed E-state index contributed by atoms with van der Waals surface area (Å²) in [6.45, 7) is 5.41. The third kappa shape index (κ3) is 3.50. The van der Waals surface area contributed by atoms with E-state index in [0.29, 0.717) is 37.4 Å². The molecule has 3 rings (SSSR count). The fourth-order valence-corrected chi connectivity index (χ4v) is 3.97. The number of anilines is 1. The summed E-state index contributed by atoms with van der Waals surface area (Å²) in [4.78, 5) is 14.2. The predicted molar refractivity (Wildman–Crippen MR) is 97.3 cm³/mol. The number of benzene rings is 1. The fraction of sp³-hybridized carbons (Fsp3) is 0.471. The van der Waals surface area contributed by atoms with Crippen LogP contribution < -0.4 is 5.32 Å². The fourth-order valence-electron chi connectivity index (χ4n) is 3.15. The minimum Gasteiger partial charge on any atom is -0.459 e. The van der Waals surface area contributed by atoms with E-state index in [0.717, 1.165) is 23.1 Å². The minimum absolute atomic E-state index is 0.243. The van der Waals surface area contributed by atoms with Crippen LogP contribution in [0.4, 0.5) is 10.5 Å². The smallest absolute Gasteiger partial charge is 0.322 e. The molecule has 1 saturated heterocycles. The maximum absolute atomic E-state index is 12.5. The molecule has 8 heteroatoms. The summed E-state index contributed by atoms with van der Waals surface area (Å²) in [5.74, 6) is 0.915. The van der Waals surface area contributed by atoms with Gasteiger partial charge in [-0.3, -0.25) is 0 Å². The van der Waals surface area contributed by atoms with Crippen molar-refractivity contribution in [2.24, 2.45) is 0 Å². The molecule has 1 aromatic carbocycles. The van der Waals surface area contributed by atoms with Crippen LogP contribution >= 0.6 is 0 Å². The Labute approximate surface area is 147 Å². The Bertz CT molecular complexity index is 896. The van der Waals surface area contributed by atoms with Gasteiger partial charge in [-0.25, -0.2) is 13.2 Å². The number of hydrogen-bond donors (Lipinski definition) is 1. The molecule has 2 aromatic rings. The summed E-state index contributed by atoms with van der Waals surface area (Å²) in [7, 11) is -3.21. The van der Waals surface area contributed by atoms with Crippen molar-refractivity contribution in [2.75, 3.05) is 37.8 Å². The van der Waals surface area contributed by atoms with Gasteiger partial charge in [-0.05, 0) is 18.6 Å². The van der Waals surface area contributed by atoms with Gasteiger partial charge < -0.3 is 14.6 Å². The molecule has 0 bridgehead atoms. The van der Waals surface area contributed by atoms with Crippen molar-refractivity contribution in [3.05, 3.63) is 29.5 Å². The first kappa shape index (κ1) is 17.8. The van der Waals surface area contributed by atoms with Gasteiger partial charge in [0.1, 0.15) is 5.76 Å². The number of urea groups is 1. The summed E-state index contributed by atoms with van der Waals surface area (Å²) >= 11 is 0. The first-order valence-electron chi connectivity index (χ1n) is 8.33. The Kier molecular flexibility index (Phi) is 4.75. The van der Waals surface area contributed by atoms with Gasteiger partial charge in [-0.15, -0.1) is 0 Å². The monoisotopic (exact) mass is 365 g/mol. The number of sulfonamides is 1. The zero-order valence-electron chi connectivity index (χ0n) is 14.7. The van der Waals surface area contributed by atoms with Crippen molar-refractivity contribution in [3.63, 3.8) is 0 Å². The van der Waals surface area contributed by atoms with E-state index in [4.69, 9.17) is 4.42 Å². The molecule has 0 atom stereocenters. The third-order valence-electron chi connectivity index (χ3n) is 4.62. The van der Waals surface area contributed by atoms with Crippen LogP contribution in [0.1, 0.15) is 18.2 Å². The third-order valence-corrected chi connectivity index (χ3v) is 5.92. The van der Waals surface area contributed by atoms with Crippen LogP contribution in [0, 0.1) is 6.92 Å². The topological polar surface area (TPSA) is 82.9 Å². The number of piperazine rings is 1. The number of furan rings is 1. The van der Waals surface area contributed by atoms with E-state index in [2.05, 4.69) is 5.32 Å². The van der Waals surface area contributed by atoms with Crippen LogP contribution in [0.25, 0.3) is 11.0 Å². The normalized spacial score (nSPS) is 16.4. The van der Waals surface area contributed by atoms with Crippen molar-refractivity contribution < 1.29 is 17.6 Å². The zero-order valence-corrected chi connectivity index (χ0v) is 15.5. The molecule has 0 unspecified atom stereocenters. The van der Waals surface area contributed by atoms with Crippen molar-refractivity contribution in [2.45, 2.75) is 20.3 Å². The van der Waals surface area contributed by atoms with E-state index in [1.165, 1.54) is 10.6 Å². The number of nitrogens with zero attached hydrogens (tertiary/aromatic N) is 2. The number of rotatable bonds is 3. The largest absolute Gasteiger partial charge is 0.459 e. The van der Waals surface area contributed by atoms with Crippen LogP contribution in [-0.4, -0.2) is 56.1 Å². The Morgan fingerprint density at radius 2 is 1.92 bits per heavy atom. The molecule has 1 aliphatic heterocycles. The molecule has 0 aliphatic carbocycles. The molecule has 2 heterocycles.